The zero-order chi connectivity index (χ0) is 19.2. The minimum absolute atomic E-state index is 0.145. The highest BCUT2D eigenvalue weighted by Gasteiger charge is 2.06. The van der Waals surface area contributed by atoms with E-state index in [9.17, 15) is 4.79 Å². The summed E-state index contributed by atoms with van der Waals surface area (Å²) in [6.07, 6.45) is 1.71. The van der Waals surface area contributed by atoms with Gasteiger partial charge in [-0.15, -0.1) is 0 Å². The molecule has 0 aliphatic heterocycles. The van der Waals surface area contributed by atoms with Gasteiger partial charge in [-0.25, -0.2) is 4.98 Å². The van der Waals surface area contributed by atoms with Crippen molar-refractivity contribution in [3.05, 3.63) is 102 Å². The van der Waals surface area contributed by atoms with Gasteiger partial charge in [0, 0.05) is 17.1 Å². The number of aromatic nitrogens is 2. The predicted molar refractivity (Wildman–Crippen MR) is 108 cm³/mol. The fourth-order valence-electron chi connectivity index (χ4n) is 2.82. The molecule has 0 unspecified atom stereocenters. The van der Waals surface area contributed by atoms with Crippen molar-refractivity contribution < 1.29 is 9.53 Å². The van der Waals surface area contributed by atoms with Crippen molar-refractivity contribution in [3.8, 4) is 5.75 Å². The Balaban J connectivity index is 1.34. The van der Waals surface area contributed by atoms with Gasteiger partial charge in [-0.2, -0.15) is 0 Å². The number of pyridine rings is 2. The maximum Gasteiger partial charge on any atom is 0.251 e. The van der Waals surface area contributed by atoms with Crippen LogP contribution in [0.5, 0.6) is 5.75 Å². The molecule has 2 aromatic heterocycles. The smallest absolute Gasteiger partial charge is 0.251 e. The van der Waals surface area contributed by atoms with Crippen LogP contribution in [0.4, 0.5) is 0 Å². The van der Waals surface area contributed by atoms with Gasteiger partial charge in [-0.1, -0.05) is 30.3 Å². The summed E-state index contributed by atoms with van der Waals surface area (Å²) in [5, 5.41) is 3.96. The molecule has 4 aromatic rings. The van der Waals surface area contributed by atoms with Crippen LogP contribution in [0.3, 0.4) is 0 Å². The van der Waals surface area contributed by atoms with E-state index in [0.29, 0.717) is 24.5 Å². The second-order valence-electron chi connectivity index (χ2n) is 6.31. The van der Waals surface area contributed by atoms with Crippen LogP contribution in [0.25, 0.3) is 10.9 Å². The minimum Gasteiger partial charge on any atom is -0.487 e. The quantitative estimate of drug-likeness (QED) is 0.555. The van der Waals surface area contributed by atoms with Gasteiger partial charge in [0.05, 0.1) is 23.4 Å². The van der Waals surface area contributed by atoms with E-state index < -0.39 is 0 Å². The largest absolute Gasteiger partial charge is 0.487 e. The Morgan fingerprint density at radius 3 is 2.50 bits per heavy atom. The molecule has 0 fully saturated rings. The summed E-state index contributed by atoms with van der Waals surface area (Å²) in [6, 6.07) is 24.7. The fourth-order valence-corrected chi connectivity index (χ4v) is 2.82. The highest BCUT2D eigenvalue weighted by Crippen LogP contribution is 2.16. The summed E-state index contributed by atoms with van der Waals surface area (Å²) in [6.45, 7) is 0.765. The maximum atomic E-state index is 12.2. The standard InChI is InChI=1S/C23H19N3O2/c27-23(25-15-19-6-3-4-14-24-19)18-9-12-21(13-10-18)28-16-20-11-8-17-5-1-2-7-22(17)26-20/h1-14H,15-16H2,(H,25,27). The van der Waals surface area contributed by atoms with Crippen molar-refractivity contribution in [2.45, 2.75) is 13.2 Å². The molecule has 0 radical (unpaired) electrons. The molecule has 4 rings (SSSR count). The van der Waals surface area contributed by atoms with E-state index in [2.05, 4.69) is 15.3 Å². The topological polar surface area (TPSA) is 64.1 Å². The van der Waals surface area contributed by atoms with Crippen LogP contribution in [0, 0.1) is 0 Å². The summed E-state index contributed by atoms with van der Waals surface area (Å²) in [5.41, 5.74) is 3.20. The van der Waals surface area contributed by atoms with Crippen molar-refractivity contribution in [1.82, 2.24) is 15.3 Å². The van der Waals surface area contributed by atoms with E-state index in [1.807, 2.05) is 54.6 Å². The second kappa shape index (κ2) is 8.31. The molecular weight excluding hydrogens is 350 g/mol. The zero-order valence-corrected chi connectivity index (χ0v) is 15.2. The Morgan fingerprint density at radius 1 is 0.857 bits per heavy atom. The minimum atomic E-state index is -0.145. The Bertz CT molecular complexity index is 1080. The molecule has 138 valence electrons. The van der Waals surface area contributed by atoms with Crippen molar-refractivity contribution in [2.24, 2.45) is 0 Å². The fraction of sp³-hybridized carbons (Fsp3) is 0.0870. The van der Waals surface area contributed by atoms with Crippen LogP contribution in [0.1, 0.15) is 21.7 Å². The number of amides is 1. The van der Waals surface area contributed by atoms with Gasteiger partial charge in [-0.05, 0) is 48.5 Å². The van der Waals surface area contributed by atoms with E-state index in [1.165, 1.54) is 0 Å². The highest BCUT2D eigenvalue weighted by molar-refractivity contribution is 5.94. The summed E-state index contributed by atoms with van der Waals surface area (Å²) < 4.78 is 5.80. The van der Waals surface area contributed by atoms with Gasteiger partial charge in [0.15, 0.2) is 0 Å². The molecule has 2 aromatic carbocycles. The summed E-state index contributed by atoms with van der Waals surface area (Å²) in [7, 11) is 0. The number of benzene rings is 2. The molecule has 0 saturated carbocycles. The average Bonchev–Trinajstić information content (AvgIpc) is 2.77. The molecule has 0 spiro atoms. The number of hydrogen-bond donors (Lipinski definition) is 1. The molecule has 0 saturated heterocycles. The summed E-state index contributed by atoms with van der Waals surface area (Å²) >= 11 is 0. The van der Waals surface area contributed by atoms with Gasteiger partial charge in [-0.3, -0.25) is 9.78 Å². The van der Waals surface area contributed by atoms with Gasteiger partial charge in [0.25, 0.3) is 5.91 Å². The number of para-hydroxylation sites is 1. The van der Waals surface area contributed by atoms with Crippen molar-refractivity contribution >= 4 is 16.8 Å². The molecule has 1 amide bonds. The first-order valence-electron chi connectivity index (χ1n) is 9.03. The van der Waals surface area contributed by atoms with Gasteiger partial charge >= 0.3 is 0 Å². The molecule has 28 heavy (non-hydrogen) atoms. The molecular formula is C23H19N3O2. The van der Waals surface area contributed by atoms with E-state index in [0.717, 1.165) is 22.3 Å². The lowest BCUT2D eigenvalue weighted by molar-refractivity contribution is 0.0950. The van der Waals surface area contributed by atoms with E-state index in [4.69, 9.17) is 4.74 Å². The van der Waals surface area contributed by atoms with Crippen molar-refractivity contribution in [2.75, 3.05) is 0 Å². The molecule has 0 atom stereocenters. The lowest BCUT2D eigenvalue weighted by Crippen LogP contribution is -2.23. The molecule has 2 heterocycles. The highest BCUT2D eigenvalue weighted by atomic mass is 16.5. The number of nitrogens with one attached hydrogen (secondary N) is 1. The molecule has 5 nitrogen and oxygen atoms in total. The Hall–Kier alpha value is -3.73. The first-order chi connectivity index (χ1) is 13.8. The Morgan fingerprint density at radius 2 is 1.68 bits per heavy atom. The first kappa shape index (κ1) is 17.7. The first-order valence-corrected chi connectivity index (χ1v) is 9.03. The molecule has 0 aliphatic rings. The van der Waals surface area contributed by atoms with Crippen LogP contribution >= 0.6 is 0 Å². The number of hydrogen-bond acceptors (Lipinski definition) is 4. The number of ether oxygens (including phenoxy) is 1. The van der Waals surface area contributed by atoms with Crippen molar-refractivity contribution in [3.63, 3.8) is 0 Å². The second-order valence-corrected chi connectivity index (χ2v) is 6.31. The molecule has 1 N–H and O–H groups in total. The van der Waals surface area contributed by atoms with E-state index in [1.54, 1.807) is 30.5 Å². The number of carbonyl (C=O) groups is 1. The third-order valence-corrected chi connectivity index (χ3v) is 4.32. The van der Waals surface area contributed by atoms with E-state index >= 15 is 0 Å². The van der Waals surface area contributed by atoms with Crippen molar-refractivity contribution in [1.29, 1.82) is 0 Å². The van der Waals surface area contributed by atoms with Crippen LogP contribution in [0.15, 0.2) is 85.1 Å². The molecule has 5 heteroatoms. The van der Waals surface area contributed by atoms with Crippen LogP contribution in [-0.2, 0) is 13.2 Å². The van der Waals surface area contributed by atoms with Crippen LogP contribution < -0.4 is 10.1 Å². The van der Waals surface area contributed by atoms with Crippen LogP contribution in [-0.4, -0.2) is 15.9 Å². The number of fused-ring (bicyclic) bond motifs is 1. The SMILES string of the molecule is O=C(NCc1ccccn1)c1ccc(OCc2ccc3ccccc3n2)cc1. The summed E-state index contributed by atoms with van der Waals surface area (Å²) in [4.78, 5) is 21.0. The Labute approximate surface area is 163 Å². The summed E-state index contributed by atoms with van der Waals surface area (Å²) in [5.74, 6) is 0.546. The number of carbonyl (C=O) groups excluding carboxylic acids is 1. The normalized spacial score (nSPS) is 10.6. The molecule has 0 aliphatic carbocycles. The van der Waals surface area contributed by atoms with Gasteiger partial charge in [0.2, 0.25) is 0 Å². The lowest BCUT2D eigenvalue weighted by atomic mass is 10.2. The lowest BCUT2D eigenvalue weighted by Gasteiger charge is -2.08. The van der Waals surface area contributed by atoms with E-state index in [-0.39, 0.29) is 5.91 Å². The van der Waals surface area contributed by atoms with Gasteiger partial charge < -0.3 is 10.1 Å². The van der Waals surface area contributed by atoms with Crippen LogP contribution in [0.2, 0.25) is 0 Å². The number of nitrogens with zero attached hydrogens (tertiary/aromatic N) is 2. The zero-order valence-electron chi connectivity index (χ0n) is 15.2. The third kappa shape index (κ3) is 4.32. The van der Waals surface area contributed by atoms with Gasteiger partial charge in [0.1, 0.15) is 12.4 Å². The monoisotopic (exact) mass is 369 g/mol. The Kier molecular flexibility index (Phi) is 5.24. The average molecular weight is 369 g/mol. The molecule has 0 bridgehead atoms. The number of rotatable bonds is 6. The third-order valence-electron chi connectivity index (χ3n) is 4.32. The maximum absolute atomic E-state index is 12.2. The predicted octanol–water partition coefficient (Wildman–Crippen LogP) is 4.14.